The largest absolute Gasteiger partial charge is 0.367 e. The molecule has 3 aromatic rings. The van der Waals surface area contributed by atoms with E-state index in [0.717, 1.165) is 31.6 Å². The van der Waals surface area contributed by atoms with Gasteiger partial charge in [-0.15, -0.1) is 0 Å². The highest BCUT2D eigenvalue weighted by molar-refractivity contribution is 6.35. The number of nitrogens with one attached hydrogen (secondary N) is 1. The van der Waals surface area contributed by atoms with E-state index in [4.69, 9.17) is 23.2 Å². The molecule has 0 aliphatic carbocycles. The maximum absolute atomic E-state index is 13.4. The Morgan fingerprint density at radius 2 is 1.74 bits per heavy atom. The van der Waals surface area contributed by atoms with Gasteiger partial charge in [0, 0.05) is 35.9 Å². The fourth-order valence-corrected chi connectivity index (χ4v) is 4.76. The molecule has 1 fully saturated rings. The summed E-state index contributed by atoms with van der Waals surface area (Å²) in [5, 5.41) is 3.74. The molecule has 1 N–H and O–H groups in total. The summed E-state index contributed by atoms with van der Waals surface area (Å²) in [7, 11) is 0. The fraction of sp³-hybridized carbons (Fsp3) is 0.286. The van der Waals surface area contributed by atoms with Gasteiger partial charge in [-0.25, -0.2) is 0 Å². The summed E-state index contributed by atoms with van der Waals surface area (Å²) in [5.74, 6) is -0.390. The molecule has 1 unspecified atom stereocenters. The van der Waals surface area contributed by atoms with Crippen LogP contribution in [-0.2, 0) is 11.3 Å². The van der Waals surface area contributed by atoms with E-state index in [0.29, 0.717) is 34.3 Å². The molecule has 1 aliphatic heterocycles. The molecule has 1 aliphatic rings. The highest BCUT2D eigenvalue weighted by atomic mass is 35.5. The Bertz CT molecular complexity index is 1170. The summed E-state index contributed by atoms with van der Waals surface area (Å²) in [5.41, 5.74) is 3.31. The molecule has 0 spiro atoms. The molecule has 4 rings (SSSR count). The first-order valence-corrected chi connectivity index (χ1v) is 12.7. The quantitative estimate of drug-likeness (QED) is 0.387. The topological polar surface area (TPSA) is 52.7 Å². The molecule has 7 heteroatoms. The molecular formula is C28H29Cl2N3O2. The van der Waals surface area contributed by atoms with Crippen molar-refractivity contribution in [3.8, 4) is 0 Å². The van der Waals surface area contributed by atoms with Crippen molar-refractivity contribution in [2.75, 3.05) is 23.3 Å². The van der Waals surface area contributed by atoms with Crippen molar-refractivity contribution < 1.29 is 9.59 Å². The lowest BCUT2D eigenvalue weighted by molar-refractivity contribution is -0.121. The third kappa shape index (κ3) is 6.16. The molecule has 182 valence electrons. The average molecular weight is 510 g/mol. The summed E-state index contributed by atoms with van der Waals surface area (Å²) in [6, 6.07) is 22.3. The van der Waals surface area contributed by atoms with Crippen LogP contribution in [-0.4, -0.2) is 35.8 Å². The van der Waals surface area contributed by atoms with E-state index < -0.39 is 6.04 Å². The molecule has 1 atom stereocenters. The third-order valence-electron chi connectivity index (χ3n) is 6.33. The van der Waals surface area contributed by atoms with Crippen molar-refractivity contribution >= 4 is 46.4 Å². The zero-order valence-electron chi connectivity index (χ0n) is 19.7. The van der Waals surface area contributed by atoms with Crippen LogP contribution in [0, 0.1) is 0 Å². The number of carbonyl (C=O) groups excluding carboxylic acids is 2. The number of piperidine rings is 1. The van der Waals surface area contributed by atoms with Gasteiger partial charge < -0.3 is 15.1 Å². The van der Waals surface area contributed by atoms with Crippen molar-refractivity contribution in [2.45, 2.75) is 38.8 Å². The monoisotopic (exact) mass is 509 g/mol. The second kappa shape index (κ2) is 11.6. The summed E-state index contributed by atoms with van der Waals surface area (Å²) in [4.78, 5) is 30.5. The van der Waals surface area contributed by atoms with Crippen LogP contribution in [0.1, 0.15) is 42.1 Å². The maximum Gasteiger partial charge on any atom is 0.254 e. The second-order valence-corrected chi connectivity index (χ2v) is 9.51. The first-order valence-electron chi connectivity index (χ1n) is 11.9. The molecule has 0 bridgehead atoms. The van der Waals surface area contributed by atoms with Crippen molar-refractivity contribution in [2.24, 2.45) is 0 Å². The number of amides is 2. The van der Waals surface area contributed by atoms with Crippen LogP contribution in [0.15, 0.2) is 72.8 Å². The van der Waals surface area contributed by atoms with Crippen molar-refractivity contribution in [3.05, 3.63) is 94.0 Å². The number of rotatable bonds is 7. The third-order valence-corrected chi connectivity index (χ3v) is 6.89. The van der Waals surface area contributed by atoms with E-state index >= 15 is 0 Å². The van der Waals surface area contributed by atoms with Gasteiger partial charge >= 0.3 is 0 Å². The number of likely N-dealkylation sites (tertiary alicyclic amines) is 1. The molecule has 2 amide bonds. The summed E-state index contributed by atoms with van der Waals surface area (Å²) >= 11 is 12.3. The number of carbonyl (C=O) groups is 2. The molecule has 0 saturated carbocycles. The molecule has 35 heavy (non-hydrogen) atoms. The van der Waals surface area contributed by atoms with Crippen LogP contribution in [0.2, 0.25) is 10.0 Å². The number of nitrogens with zero attached hydrogens (tertiary/aromatic N) is 2. The van der Waals surface area contributed by atoms with Crippen LogP contribution in [0.4, 0.5) is 11.4 Å². The number of hydrogen-bond acceptors (Lipinski definition) is 3. The molecule has 3 aromatic carbocycles. The molecule has 0 radical (unpaired) electrons. The van der Waals surface area contributed by atoms with Crippen molar-refractivity contribution in [3.63, 3.8) is 0 Å². The first-order chi connectivity index (χ1) is 17.0. The van der Waals surface area contributed by atoms with E-state index in [1.165, 1.54) is 5.56 Å². The molecular weight excluding hydrogens is 481 g/mol. The zero-order chi connectivity index (χ0) is 24.8. The normalized spacial score (nSPS) is 15.5. The van der Waals surface area contributed by atoms with Crippen LogP contribution in [0.25, 0.3) is 0 Å². The number of anilines is 2. The highest BCUT2D eigenvalue weighted by Gasteiger charge is 2.33. The summed E-state index contributed by atoms with van der Waals surface area (Å²) in [6.07, 6.45) is 2.36. The van der Waals surface area contributed by atoms with E-state index in [-0.39, 0.29) is 11.8 Å². The van der Waals surface area contributed by atoms with Gasteiger partial charge in [0.1, 0.15) is 6.04 Å². The minimum absolute atomic E-state index is 0.139. The van der Waals surface area contributed by atoms with Crippen LogP contribution >= 0.6 is 23.2 Å². The number of benzene rings is 3. The van der Waals surface area contributed by atoms with Gasteiger partial charge in [-0.05, 0) is 74.2 Å². The Balaban J connectivity index is 1.47. The highest BCUT2D eigenvalue weighted by Crippen LogP contribution is 2.28. The SMILES string of the molecule is CCN(Cc1ccccc1)c1ccc(C(=O)N2CCCCC2C(=O)Nc2cc(Cl)ccc2Cl)cc1. The molecule has 1 heterocycles. The molecule has 5 nitrogen and oxygen atoms in total. The minimum Gasteiger partial charge on any atom is -0.367 e. The average Bonchev–Trinajstić information content (AvgIpc) is 2.89. The summed E-state index contributed by atoms with van der Waals surface area (Å²) < 4.78 is 0. The van der Waals surface area contributed by atoms with Crippen LogP contribution in [0.3, 0.4) is 0 Å². The van der Waals surface area contributed by atoms with Gasteiger partial charge in [0.25, 0.3) is 5.91 Å². The summed E-state index contributed by atoms with van der Waals surface area (Å²) in [6.45, 7) is 4.30. The Hall–Kier alpha value is -3.02. The Labute approximate surface area is 216 Å². The smallest absolute Gasteiger partial charge is 0.254 e. The Morgan fingerprint density at radius 3 is 2.46 bits per heavy atom. The fourth-order valence-electron chi connectivity index (χ4n) is 4.43. The van der Waals surface area contributed by atoms with E-state index in [1.807, 2.05) is 42.5 Å². The lowest BCUT2D eigenvalue weighted by Gasteiger charge is -2.35. The molecule has 0 aromatic heterocycles. The molecule has 1 saturated heterocycles. The van der Waals surface area contributed by atoms with Crippen LogP contribution < -0.4 is 10.2 Å². The lowest BCUT2D eigenvalue weighted by atomic mass is 9.99. The number of halogens is 2. The predicted octanol–water partition coefficient (Wildman–Crippen LogP) is 6.65. The van der Waals surface area contributed by atoms with Gasteiger partial charge in [-0.1, -0.05) is 53.5 Å². The van der Waals surface area contributed by atoms with E-state index in [1.54, 1.807) is 23.1 Å². The minimum atomic E-state index is -0.559. The van der Waals surface area contributed by atoms with Crippen molar-refractivity contribution in [1.29, 1.82) is 0 Å². The Morgan fingerprint density at radius 1 is 1.00 bits per heavy atom. The standard InChI is InChI=1S/C28H29Cl2N3O2/c1-2-32(19-20-8-4-3-5-9-20)23-14-11-21(12-15-23)28(35)33-17-7-6-10-26(33)27(34)31-25-18-22(29)13-16-24(25)30/h3-5,8-9,11-16,18,26H,2,6-7,10,17,19H2,1H3,(H,31,34). The lowest BCUT2D eigenvalue weighted by Crippen LogP contribution is -2.50. The Kier molecular flexibility index (Phi) is 8.32. The van der Waals surface area contributed by atoms with Gasteiger partial charge in [-0.2, -0.15) is 0 Å². The van der Waals surface area contributed by atoms with E-state index in [2.05, 4.69) is 29.3 Å². The maximum atomic E-state index is 13.4. The predicted molar refractivity (Wildman–Crippen MR) is 143 cm³/mol. The zero-order valence-corrected chi connectivity index (χ0v) is 21.2. The van der Waals surface area contributed by atoms with Crippen molar-refractivity contribution in [1.82, 2.24) is 4.90 Å². The van der Waals surface area contributed by atoms with Gasteiger partial charge in [0.05, 0.1) is 10.7 Å². The van der Waals surface area contributed by atoms with Gasteiger partial charge in [0.2, 0.25) is 5.91 Å². The van der Waals surface area contributed by atoms with E-state index in [9.17, 15) is 9.59 Å². The second-order valence-electron chi connectivity index (χ2n) is 8.67. The van der Waals surface area contributed by atoms with Crippen LogP contribution in [0.5, 0.6) is 0 Å². The number of hydrogen-bond donors (Lipinski definition) is 1. The van der Waals surface area contributed by atoms with Gasteiger partial charge in [0.15, 0.2) is 0 Å². The first kappa shape index (κ1) is 25.1. The van der Waals surface area contributed by atoms with Gasteiger partial charge in [-0.3, -0.25) is 9.59 Å².